The number of carboxylic acids is 1. The molecular weight excluding hydrogens is 276 g/mol. The maximum Gasteiger partial charge on any atom is 0.339 e. The van der Waals surface area contributed by atoms with Crippen molar-refractivity contribution in [2.24, 2.45) is 0 Å². The second-order valence-corrected chi connectivity index (χ2v) is 5.65. The predicted molar refractivity (Wildman–Crippen MR) is 76.8 cm³/mol. The number of rotatable bonds is 3. The highest BCUT2D eigenvalue weighted by molar-refractivity contribution is 7.09. The van der Waals surface area contributed by atoms with E-state index in [9.17, 15) is 9.90 Å². The lowest BCUT2D eigenvalue weighted by atomic mass is 10.1. The number of carboxylic acid groups (broad SMARTS) is 1. The molecule has 0 saturated heterocycles. The molecule has 0 bridgehead atoms. The van der Waals surface area contributed by atoms with Crippen molar-refractivity contribution in [3.05, 3.63) is 39.8 Å². The molecule has 0 atom stereocenters. The zero-order valence-electron chi connectivity index (χ0n) is 11.0. The Bertz CT molecular complexity index is 654. The first-order valence-electron chi connectivity index (χ1n) is 6.30. The Morgan fingerprint density at radius 2 is 2.40 bits per heavy atom. The number of ether oxygens (including phenoxy) is 1. The van der Waals surface area contributed by atoms with Crippen LogP contribution in [-0.2, 0) is 6.54 Å². The molecule has 0 fully saturated rings. The van der Waals surface area contributed by atoms with E-state index in [0.29, 0.717) is 18.9 Å². The molecule has 1 aromatic heterocycles. The van der Waals surface area contributed by atoms with E-state index < -0.39 is 5.97 Å². The van der Waals surface area contributed by atoms with Gasteiger partial charge >= 0.3 is 5.97 Å². The minimum Gasteiger partial charge on any atom is -0.489 e. The van der Waals surface area contributed by atoms with Crippen molar-refractivity contribution in [2.75, 3.05) is 18.1 Å². The predicted octanol–water partition coefficient (Wildman–Crippen LogP) is 2.55. The third-order valence-electron chi connectivity index (χ3n) is 3.19. The fourth-order valence-electron chi connectivity index (χ4n) is 2.31. The zero-order chi connectivity index (χ0) is 14.1. The number of anilines is 1. The lowest BCUT2D eigenvalue weighted by Gasteiger charge is -2.31. The van der Waals surface area contributed by atoms with Crippen molar-refractivity contribution in [1.29, 1.82) is 0 Å². The highest BCUT2D eigenvalue weighted by Crippen LogP contribution is 2.35. The fourth-order valence-corrected chi connectivity index (χ4v) is 2.92. The Morgan fingerprint density at radius 3 is 3.10 bits per heavy atom. The maximum atomic E-state index is 11.2. The number of hydrogen-bond donors (Lipinski definition) is 1. The average molecular weight is 290 g/mol. The monoisotopic (exact) mass is 290 g/mol. The summed E-state index contributed by atoms with van der Waals surface area (Å²) in [6.45, 7) is 3.86. The van der Waals surface area contributed by atoms with Crippen LogP contribution in [0.4, 0.5) is 5.69 Å². The minimum atomic E-state index is -0.965. The summed E-state index contributed by atoms with van der Waals surface area (Å²) in [6.07, 6.45) is 0. The van der Waals surface area contributed by atoms with Gasteiger partial charge in [-0.3, -0.25) is 0 Å². The largest absolute Gasteiger partial charge is 0.489 e. The molecule has 5 nitrogen and oxygen atoms in total. The highest BCUT2D eigenvalue weighted by Gasteiger charge is 2.24. The molecule has 2 heterocycles. The van der Waals surface area contributed by atoms with Gasteiger partial charge in [-0.05, 0) is 19.1 Å². The Balaban J connectivity index is 1.94. The number of para-hydroxylation sites is 1. The number of aromatic carboxylic acids is 1. The van der Waals surface area contributed by atoms with Crippen molar-refractivity contribution >= 4 is 23.0 Å². The summed E-state index contributed by atoms with van der Waals surface area (Å²) in [6, 6.07) is 5.20. The van der Waals surface area contributed by atoms with E-state index in [1.807, 2.05) is 18.4 Å². The second kappa shape index (κ2) is 5.13. The molecule has 0 radical (unpaired) electrons. The normalized spacial score (nSPS) is 13.8. The molecule has 1 N–H and O–H groups in total. The van der Waals surface area contributed by atoms with E-state index in [1.54, 1.807) is 23.5 Å². The van der Waals surface area contributed by atoms with Crippen molar-refractivity contribution < 1.29 is 14.6 Å². The second-order valence-electron chi connectivity index (χ2n) is 4.59. The molecule has 0 amide bonds. The van der Waals surface area contributed by atoms with E-state index in [-0.39, 0.29) is 5.56 Å². The molecule has 0 aliphatic carbocycles. The number of thiazole rings is 1. The molecule has 0 saturated carbocycles. The SMILES string of the molecule is Cc1nc(CN2CCOc3c(C(=O)O)cccc32)cs1. The Hall–Kier alpha value is -2.08. The van der Waals surface area contributed by atoms with Crippen LogP contribution in [0.25, 0.3) is 0 Å². The van der Waals surface area contributed by atoms with Gasteiger partial charge in [0, 0.05) is 5.38 Å². The van der Waals surface area contributed by atoms with Gasteiger partial charge in [-0.15, -0.1) is 11.3 Å². The van der Waals surface area contributed by atoms with Gasteiger partial charge in [0.05, 0.1) is 29.5 Å². The van der Waals surface area contributed by atoms with Gasteiger partial charge in [0.1, 0.15) is 12.2 Å². The lowest BCUT2D eigenvalue weighted by molar-refractivity contribution is 0.0692. The standard InChI is InChI=1S/C14H14N2O3S/c1-9-15-10(8-20-9)7-16-5-6-19-13-11(14(17)18)3-2-4-12(13)16/h2-4,8H,5-7H2,1H3,(H,17,18). The van der Waals surface area contributed by atoms with Crippen LogP contribution < -0.4 is 9.64 Å². The zero-order valence-corrected chi connectivity index (χ0v) is 11.8. The van der Waals surface area contributed by atoms with Gasteiger partial charge in [-0.2, -0.15) is 0 Å². The average Bonchev–Trinajstić information content (AvgIpc) is 2.84. The number of fused-ring (bicyclic) bond motifs is 1. The molecular formula is C14H14N2O3S. The van der Waals surface area contributed by atoms with Gasteiger partial charge < -0.3 is 14.7 Å². The van der Waals surface area contributed by atoms with Gasteiger partial charge in [-0.1, -0.05) is 6.07 Å². The number of hydrogen-bond acceptors (Lipinski definition) is 5. The van der Waals surface area contributed by atoms with Crippen LogP contribution in [0, 0.1) is 6.92 Å². The summed E-state index contributed by atoms with van der Waals surface area (Å²) in [5.41, 5.74) is 2.03. The summed E-state index contributed by atoms with van der Waals surface area (Å²) >= 11 is 1.62. The van der Waals surface area contributed by atoms with Crippen molar-refractivity contribution in [1.82, 2.24) is 4.98 Å². The summed E-state index contributed by atoms with van der Waals surface area (Å²) in [4.78, 5) is 17.8. The molecule has 20 heavy (non-hydrogen) atoms. The van der Waals surface area contributed by atoms with Crippen LogP contribution in [0.1, 0.15) is 21.1 Å². The molecule has 1 aromatic carbocycles. The summed E-state index contributed by atoms with van der Waals surface area (Å²) in [5, 5.41) is 12.3. The van der Waals surface area contributed by atoms with Gasteiger partial charge in [0.2, 0.25) is 0 Å². The maximum absolute atomic E-state index is 11.2. The first-order chi connectivity index (χ1) is 9.65. The van der Waals surface area contributed by atoms with Gasteiger partial charge in [0.15, 0.2) is 5.75 Å². The summed E-state index contributed by atoms with van der Waals surface area (Å²) in [5.74, 6) is -0.508. The molecule has 1 aliphatic rings. The first-order valence-corrected chi connectivity index (χ1v) is 7.18. The van der Waals surface area contributed by atoms with Crippen molar-refractivity contribution in [3.8, 4) is 5.75 Å². The Kier molecular flexibility index (Phi) is 3.31. The molecule has 0 unspecified atom stereocenters. The van der Waals surface area contributed by atoms with E-state index in [4.69, 9.17) is 4.74 Å². The quantitative estimate of drug-likeness (QED) is 0.941. The number of nitrogens with zero attached hydrogens (tertiary/aromatic N) is 2. The Morgan fingerprint density at radius 1 is 1.55 bits per heavy atom. The van der Waals surface area contributed by atoms with Crippen LogP contribution in [0.2, 0.25) is 0 Å². The van der Waals surface area contributed by atoms with Crippen LogP contribution in [-0.4, -0.2) is 29.2 Å². The number of carbonyl (C=O) groups is 1. The number of benzene rings is 1. The van der Waals surface area contributed by atoms with Crippen LogP contribution in [0.3, 0.4) is 0 Å². The van der Waals surface area contributed by atoms with Crippen LogP contribution >= 0.6 is 11.3 Å². The topological polar surface area (TPSA) is 62.7 Å². The van der Waals surface area contributed by atoms with E-state index >= 15 is 0 Å². The van der Waals surface area contributed by atoms with E-state index in [1.165, 1.54) is 0 Å². The summed E-state index contributed by atoms with van der Waals surface area (Å²) in [7, 11) is 0. The van der Waals surface area contributed by atoms with Crippen LogP contribution in [0.15, 0.2) is 23.6 Å². The van der Waals surface area contributed by atoms with Gasteiger partial charge in [0.25, 0.3) is 0 Å². The van der Waals surface area contributed by atoms with Gasteiger partial charge in [-0.25, -0.2) is 9.78 Å². The molecule has 3 rings (SSSR count). The third-order valence-corrected chi connectivity index (χ3v) is 4.01. The summed E-state index contributed by atoms with van der Waals surface area (Å²) < 4.78 is 5.55. The number of aromatic nitrogens is 1. The fraction of sp³-hybridized carbons (Fsp3) is 0.286. The third kappa shape index (κ3) is 2.34. The van der Waals surface area contributed by atoms with Crippen LogP contribution in [0.5, 0.6) is 5.75 Å². The molecule has 0 spiro atoms. The first kappa shape index (κ1) is 12.9. The Labute approximate surface area is 120 Å². The lowest BCUT2D eigenvalue weighted by Crippen LogP contribution is -2.33. The molecule has 1 aliphatic heterocycles. The minimum absolute atomic E-state index is 0.210. The van der Waals surface area contributed by atoms with Crippen molar-refractivity contribution in [3.63, 3.8) is 0 Å². The molecule has 6 heteroatoms. The number of aryl methyl sites for hydroxylation is 1. The van der Waals surface area contributed by atoms with E-state index in [2.05, 4.69) is 9.88 Å². The van der Waals surface area contributed by atoms with Crippen molar-refractivity contribution in [2.45, 2.75) is 13.5 Å². The van der Waals surface area contributed by atoms with E-state index in [0.717, 1.165) is 22.9 Å². The molecule has 104 valence electrons. The smallest absolute Gasteiger partial charge is 0.339 e. The molecule has 2 aromatic rings. The highest BCUT2D eigenvalue weighted by atomic mass is 32.1.